The maximum absolute atomic E-state index is 10.4. The van der Waals surface area contributed by atoms with Gasteiger partial charge in [-0.25, -0.2) is 42.1 Å². The van der Waals surface area contributed by atoms with Crippen LogP contribution in [0.1, 0.15) is 27.8 Å². The van der Waals surface area contributed by atoms with Crippen LogP contribution in [0.4, 0.5) is 0 Å². The first kappa shape index (κ1) is 56.1. The van der Waals surface area contributed by atoms with E-state index in [0.29, 0.717) is 0 Å². The fourth-order valence-electron chi connectivity index (χ4n) is 3.52. The van der Waals surface area contributed by atoms with E-state index in [4.69, 9.17) is 0 Å². The van der Waals surface area contributed by atoms with Crippen molar-refractivity contribution in [2.24, 2.45) is 0 Å². The molecule has 0 aliphatic heterocycles. The van der Waals surface area contributed by atoms with Gasteiger partial charge in [-0.2, -0.15) is 0 Å². The second kappa shape index (κ2) is 24.2. The van der Waals surface area contributed by atoms with Crippen LogP contribution in [0.3, 0.4) is 0 Å². The van der Waals surface area contributed by atoms with E-state index >= 15 is 0 Å². The Morgan fingerprint density at radius 2 is 0.351 bits per heavy atom. The molecule has 0 saturated carbocycles. The van der Waals surface area contributed by atoms with Crippen molar-refractivity contribution in [2.75, 3.05) is 0 Å². The number of rotatable bonds is 5. The van der Waals surface area contributed by atoms with Crippen molar-refractivity contribution < 1.29 is 107 Å². The first-order valence-electron chi connectivity index (χ1n) is 15.1. The van der Waals surface area contributed by atoms with E-state index in [9.17, 15) is 64.9 Å². The Kier molecular flexibility index (Phi) is 23.8. The van der Waals surface area contributed by atoms with E-state index in [1.165, 1.54) is 60.7 Å². The van der Waals surface area contributed by atoms with E-state index in [1.54, 1.807) is 60.7 Å². The molecule has 0 radical (unpaired) electrons. The Balaban J connectivity index is 0. The zero-order chi connectivity index (χ0) is 42.4. The third-order valence-electron chi connectivity index (χ3n) is 6.55. The molecule has 22 heteroatoms. The zero-order valence-corrected chi connectivity index (χ0v) is 38.5. The van der Waals surface area contributed by atoms with Crippen LogP contribution in [0.25, 0.3) is 0 Å². The maximum Gasteiger partial charge on any atom is 4.00 e. The summed E-state index contributed by atoms with van der Waals surface area (Å²) in [5.41, 5.74) is 4.64. The van der Waals surface area contributed by atoms with Crippen molar-refractivity contribution in [1.82, 2.24) is 0 Å². The molecule has 5 rings (SSSR count). The molecule has 15 nitrogen and oxygen atoms in total. The van der Waals surface area contributed by atoms with E-state index in [-0.39, 0.29) is 66.6 Å². The zero-order valence-electron chi connectivity index (χ0n) is 30.4. The first-order valence-corrected chi connectivity index (χ1v) is 22.2. The predicted octanol–water partition coefficient (Wildman–Crippen LogP) is 4.49. The van der Waals surface area contributed by atoms with Gasteiger partial charge < -0.3 is 22.8 Å². The average Bonchev–Trinajstić information content (AvgIpc) is 3.05. The Bertz CT molecular complexity index is 2120. The van der Waals surface area contributed by atoms with Gasteiger partial charge in [0.05, 0.1) is 24.5 Å². The summed E-state index contributed by atoms with van der Waals surface area (Å²) in [4.78, 5) is -0.888. The fraction of sp³-hybridized carbons (Fsp3) is 0.143. The molecule has 314 valence electrons. The quantitative estimate of drug-likeness (QED) is 0.173. The first-order chi connectivity index (χ1) is 25.0. The van der Waals surface area contributed by atoms with Gasteiger partial charge in [-0.3, -0.25) is 0 Å². The van der Waals surface area contributed by atoms with Gasteiger partial charge in [-0.1, -0.05) is 88.5 Å². The van der Waals surface area contributed by atoms with E-state index in [2.05, 4.69) is 0 Å². The smallest absolute Gasteiger partial charge is 0.744 e. The third-order valence-corrected chi connectivity index (χ3v) is 10.8. The summed E-state index contributed by atoms with van der Waals surface area (Å²) >= 11 is 0. The van der Waals surface area contributed by atoms with Gasteiger partial charge in [-0.05, 0) is 95.3 Å². The van der Waals surface area contributed by atoms with Crippen molar-refractivity contribution >= 4 is 50.6 Å². The van der Waals surface area contributed by atoms with Crippen LogP contribution in [0, 0.1) is 34.6 Å². The van der Waals surface area contributed by atoms with Crippen molar-refractivity contribution in [3.63, 3.8) is 0 Å². The Morgan fingerprint density at radius 1 is 0.263 bits per heavy atom. The molecular formula is C35H35AgO15OsS5. The second-order valence-electron chi connectivity index (χ2n) is 11.3. The van der Waals surface area contributed by atoms with E-state index in [0.717, 1.165) is 27.8 Å². The van der Waals surface area contributed by atoms with Crippen molar-refractivity contribution in [1.29, 1.82) is 0 Å². The van der Waals surface area contributed by atoms with Gasteiger partial charge in [0.25, 0.3) is 0 Å². The second-order valence-corrected chi connectivity index (χ2v) is 18.2. The van der Waals surface area contributed by atoms with Crippen molar-refractivity contribution in [2.45, 2.75) is 59.1 Å². The topological polar surface area (TPSA) is 286 Å². The molecule has 0 N–H and O–H groups in total. The Hall–Kier alpha value is -2.97. The van der Waals surface area contributed by atoms with Crippen LogP contribution in [0.15, 0.2) is 146 Å². The summed E-state index contributed by atoms with van der Waals surface area (Å²) in [6.45, 7) is 9.10. The largest absolute Gasteiger partial charge is 4.00 e. The van der Waals surface area contributed by atoms with Gasteiger partial charge in [0.1, 0.15) is 50.6 Å². The summed E-state index contributed by atoms with van der Waals surface area (Å²) in [6, 6.07) is 28.9. The standard InChI is InChI=1S/5C7H8O3S.Ag.Os/c5*1-6-2-4-7(5-3-6)11(8,9)10;;/h5*2-5H,1H3,(H,8,9,10);;/q;;;;;+1;+4/p-5. The summed E-state index contributed by atoms with van der Waals surface area (Å²) in [6.07, 6.45) is 0. The molecule has 0 bridgehead atoms. The van der Waals surface area contributed by atoms with E-state index < -0.39 is 50.6 Å². The molecule has 0 aliphatic rings. The van der Waals surface area contributed by atoms with Crippen LogP contribution in [-0.2, 0) is 92.8 Å². The summed E-state index contributed by atoms with van der Waals surface area (Å²) < 4.78 is 156. The molecule has 0 amide bonds. The van der Waals surface area contributed by atoms with Crippen LogP contribution in [-0.4, -0.2) is 64.9 Å². The Labute approximate surface area is 362 Å². The van der Waals surface area contributed by atoms with Gasteiger partial charge in [0.2, 0.25) is 0 Å². The van der Waals surface area contributed by atoms with Crippen LogP contribution < -0.4 is 0 Å². The minimum Gasteiger partial charge on any atom is -0.744 e. The van der Waals surface area contributed by atoms with Crippen LogP contribution in [0.2, 0.25) is 0 Å². The summed E-state index contributed by atoms with van der Waals surface area (Å²) in [5, 5.41) is 0. The SMILES string of the molecule is Cc1ccc(S(=O)(=O)[O-])cc1.Cc1ccc(S(=O)(=O)[O-])cc1.Cc1ccc(S(=O)(=O)[O-])cc1.Cc1ccc(S(=O)(=O)[O-])cc1.Cc1ccc(S(=O)(=O)[O-])cc1.[Ag+].[Os+4]. The van der Waals surface area contributed by atoms with Crippen molar-refractivity contribution in [3.05, 3.63) is 149 Å². The van der Waals surface area contributed by atoms with Gasteiger partial charge in [-0.15, -0.1) is 0 Å². The predicted molar refractivity (Wildman–Crippen MR) is 196 cm³/mol. The normalized spacial score (nSPS) is 11.1. The maximum atomic E-state index is 10.4. The molecule has 0 spiro atoms. The number of hydrogen-bond donors (Lipinski definition) is 0. The molecule has 0 unspecified atom stereocenters. The summed E-state index contributed by atoms with van der Waals surface area (Å²) in [5.74, 6) is 0. The minimum atomic E-state index is -4.27. The molecule has 0 atom stereocenters. The monoisotopic (exact) mass is 1150 g/mol. The van der Waals surface area contributed by atoms with E-state index in [1.807, 2.05) is 34.6 Å². The Morgan fingerprint density at radius 3 is 0.421 bits per heavy atom. The molecule has 0 aromatic heterocycles. The average molecular weight is 1150 g/mol. The molecule has 5 aromatic rings. The number of aryl methyl sites for hydroxylation is 5. The summed E-state index contributed by atoms with van der Waals surface area (Å²) in [7, 11) is -21.3. The minimum absolute atomic E-state index is 0. The van der Waals surface area contributed by atoms with Crippen LogP contribution in [0.5, 0.6) is 0 Å². The molecule has 5 aromatic carbocycles. The van der Waals surface area contributed by atoms with Crippen molar-refractivity contribution in [3.8, 4) is 0 Å². The van der Waals surface area contributed by atoms with Crippen LogP contribution >= 0.6 is 0 Å². The molecule has 0 heterocycles. The number of benzene rings is 5. The molecule has 57 heavy (non-hydrogen) atoms. The molecule has 0 fully saturated rings. The van der Waals surface area contributed by atoms with Gasteiger partial charge >= 0.3 is 42.2 Å². The fourth-order valence-corrected chi connectivity index (χ4v) is 5.87. The van der Waals surface area contributed by atoms with Gasteiger partial charge in [0, 0.05) is 0 Å². The van der Waals surface area contributed by atoms with Gasteiger partial charge in [0.15, 0.2) is 0 Å². The molecule has 0 saturated heterocycles. The third kappa shape index (κ3) is 23.3. The number of hydrogen-bond acceptors (Lipinski definition) is 15. The molecule has 0 aliphatic carbocycles. The molecular weight excluding hydrogens is 1120 g/mol.